The maximum absolute atomic E-state index is 6.49. The van der Waals surface area contributed by atoms with Crippen LogP contribution in [-0.4, -0.2) is 30.1 Å². The Balaban J connectivity index is 1.82. The van der Waals surface area contributed by atoms with Gasteiger partial charge in [-0.05, 0) is 57.0 Å². The van der Waals surface area contributed by atoms with E-state index in [1.807, 2.05) is 0 Å². The van der Waals surface area contributed by atoms with E-state index in [2.05, 4.69) is 18.7 Å². The largest absolute Gasteiger partial charge is 0.324 e. The van der Waals surface area contributed by atoms with Crippen molar-refractivity contribution in [1.29, 1.82) is 0 Å². The lowest BCUT2D eigenvalue weighted by Gasteiger charge is -2.31. The number of likely N-dealkylation sites (tertiary alicyclic amines) is 1. The van der Waals surface area contributed by atoms with Crippen LogP contribution in [-0.2, 0) is 0 Å². The van der Waals surface area contributed by atoms with Gasteiger partial charge >= 0.3 is 0 Å². The van der Waals surface area contributed by atoms with E-state index in [1.54, 1.807) is 0 Å². The predicted octanol–water partition coefficient (Wildman–Crippen LogP) is 3.02. The smallest absolute Gasteiger partial charge is 0.0283 e. The molecule has 0 aromatic heterocycles. The molecule has 0 aromatic rings. The molecular weight excluding hydrogens is 208 g/mol. The minimum absolute atomic E-state index is 0.150. The molecular formula is C15H30N2. The van der Waals surface area contributed by atoms with Gasteiger partial charge in [-0.3, -0.25) is 0 Å². The van der Waals surface area contributed by atoms with Crippen molar-refractivity contribution in [1.82, 2.24) is 4.90 Å². The first-order valence-electron chi connectivity index (χ1n) is 7.60. The molecule has 0 spiro atoms. The first-order valence-corrected chi connectivity index (χ1v) is 7.60. The summed E-state index contributed by atoms with van der Waals surface area (Å²) in [4.78, 5) is 2.65. The summed E-state index contributed by atoms with van der Waals surface area (Å²) in [6.45, 7) is 8.46. The third kappa shape index (κ3) is 3.69. The van der Waals surface area contributed by atoms with Crippen LogP contribution in [0.4, 0.5) is 0 Å². The first-order chi connectivity index (χ1) is 8.09. The quantitative estimate of drug-likeness (QED) is 0.819. The SMILES string of the molecule is CC(C)C1CCCN(CC2(N)CCCC2)CC1. The fourth-order valence-corrected chi connectivity index (χ4v) is 3.69. The number of hydrogen-bond donors (Lipinski definition) is 1. The van der Waals surface area contributed by atoms with Crippen molar-refractivity contribution in [2.75, 3.05) is 19.6 Å². The zero-order valence-corrected chi connectivity index (χ0v) is 11.8. The van der Waals surface area contributed by atoms with Crippen LogP contribution >= 0.6 is 0 Å². The Morgan fingerprint density at radius 2 is 1.82 bits per heavy atom. The minimum Gasteiger partial charge on any atom is -0.324 e. The van der Waals surface area contributed by atoms with E-state index in [0.717, 1.165) is 18.4 Å². The number of nitrogens with two attached hydrogens (primary N) is 1. The van der Waals surface area contributed by atoms with Crippen molar-refractivity contribution >= 4 is 0 Å². The molecule has 2 rings (SSSR count). The molecule has 1 aliphatic carbocycles. The van der Waals surface area contributed by atoms with Gasteiger partial charge in [0.15, 0.2) is 0 Å². The van der Waals surface area contributed by atoms with Gasteiger partial charge < -0.3 is 10.6 Å². The molecule has 1 saturated heterocycles. The highest BCUT2D eigenvalue weighted by atomic mass is 15.1. The summed E-state index contributed by atoms with van der Waals surface area (Å²) >= 11 is 0. The van der Waals surface area contributed by atoms with Crippen LogP contribution < -0.4 is 5.73 Å². The summed E-state index contributed by atoms with van der Waals surface area (Å²) in [7, 11) is 0. The monoisotopic (exact) mass is 238 g/mol. The summed E-state index contributed by atoms with van der Waals surface area (Å²) in [6, 6.07) is 0. The van der Waals surface area contributed by atoms with Crippen LogP contribution in [0, 0.1) is 11.8 Å². The van der Waals surface area contributed by atoms with Gasteiger partial charge in [0.25, 0.3) is 0 Å². The zero-order chi connectivity index (χ0) is 12.3. The topological polar surface area (TPSA) is 29.3 Å². The molecule has 2 N–H and O–H groups in total. The molecule has 2 nitrogen and oxygen atoms in total. The molecule has 100 valence electrons. The minimum atomic E-state index is 0.150. The van der Waals surface area contributed by atoms with Crippen LogP contribution in [0.15, 0.2) is 0 Å². The van der Waals surface area contributed by atoms with E-state index in [0.29, 0.717) is 0 Å². The van der Waals surface area contributed by atoms with Gasteiger partial charge in [-0.1, -0.05) is 26.7 Å². The van der Waals surface area contributed by atoms with E-state index in [9.17, 15) is 0 Å². The summed E-state index contributed by atoms with van der Waals surface area (Å²) in [5.41, 5.74) is 6.64. The van der Waals surface area contributed by atoms with E-state index in [1.165, 1.54) is 58.0 Å². The Hall–Kier alpha value is -0.0800. The van der Waals surface area contributed by atoms with Gasteiger partial charge in [0, 0.05) is 12.1 Å². The van der Waals surface area contributed by atoms with Crippen molar-refractivity contribution in [3.63, 3.8) is 0 Å². The zero-order valence-electron chi connectivity index (χ0n) is 11.8. The van der Waals surface area contributed by atoms with E-state index < -0.39 is 0 Å². The third-order valence-electron chi connectivity index (χ3n) is 4.95. The van der Waals surface area contributed by atoms with Crippen LogP contribution in [0.2, 0.25) is 0 Å². The second-order valence-electron chi connectivity index (χ2n) is 6.78. The van der Waals surface area contributed by atoms with Crippen molar-refractivity contribution in [2.24, 2.45) is 17.6 Å². The lowest BCUT2D eigenvalue weighted by atomic mass is 9.89. The van der Waals surface area contributed by atoms with Crippen LogP contribution in [0.1, 0.15) is 58.8 Å². The maximum Gasteiger partial charge on any atom is 0.0283 e. The van der Waals surface area contributed by atoms with Gasteiger partial charge in [0.1, 0.15) is 0 Å². The average molecular weight is 238 g/mol. The lowest BCUT2D eigenvalue weighted by molar-refractivity contribution is 0.211. The van der Waals surface area contributed by atoms with E-state index in [4.69, 9.17) is 5.73 Å². The summed E-state index contributed by atoms with van der Waals surface area (Å²) in [5, 5.41) is 0. The molecule has 1 aliphatic heterocycles. The van der Waals surface area contributed by atoms with Crippen molar-refractivity contribution in [3.8, 4) is 0 Å². The van der Waals surface area contributed by atoms with E-state index >= 15 is 0 Å². The second-order valence-corrected chi connectivity index (χ2v) is 6.78. The van der Waals surface area contributed by atoms with Crippen LogP contribution in [0.3, 0.4) is 0 Å². The Bertz CT molecular complexity index is 231. The molecule has 1 heterocycles. The Morgan fingerprint density at radius 1 is 1.12 bits per heavy atom. The Kier molecular flexibility index (Phi) is 4.48. The Labute approximate surface area is 107 Å². The lowest BCUT2D eigenvalue weighted by Crippen LogP contribution is -2.48. The number of nitrogens with zero attached hydrogens (tertiary/aromatic N) is 1. The van der Waals surface area contributed by atoms with Gasteiger partial charge in [0.05, 0.1) is 0 Å². The van der Waals surface area contributed by atoms with Gasteiger partial charge in [0.2, 0.25) is 0 Å². The van der Waals surface area contributed by atoms with Gasteiger partial charge in [-0.2, -0.15) is 0 Å². The van der Waals surface area contributed by atoms with Crippen LogP contribution in [0.25, 0.3) is 0 Å². The van der Waals surface area contributed by atoms with Crippen molar-refractivity contribution < 1.29 is 0 Å². The molecule has 1 unspecified atom stereocenters. The van der Waals surface area contributed by atoms with Crippen LogP contribution in [0.5, 0.6) is 0 Å². The molecule has 0 aromatic carbocycles. The fraction of sp³-hybridized carbons (Fsp3) is 1.00. The molecule has 2 fully saturated rings. The molecule has 0 bridgehead atoms. The molecule has 1 saturated carbocycles. The second kappa shape index (κ2) is 5.71. The number of rotatable bonds is 3. The highest BCUT2D eigenvalue weighted by Crippen LogP contribution is 2.30. The average Bonchev–Trinajstić information content (AvgIpc) is 2.56. The molecule has 17 heavy (non-hydrogen) atoms. The predicted molar refractivity (Wildman–Crippen MR) is 74.0 cm³/mol. The normalized spacial score (nSPS) is 30.7. The van der Waals surface area contributed by atoms with E-state index in [-0.39, 0.29) is 5.54 Å². The molecule has 0 radical (unpaired) electrons. The Morgan fingerprint density at radius 3 is 2.47 bits per heavy atom. The standard InChI is InChI=1S/C15H30N2/c1-13(2)14-6-5-10-17(11-7-14)12-15(16)8-3-4-9-15/h13-14H,3-12,16H2,1-2H3. The number of hydrogen-bond acceptors (Lipinski definition) is 2. The highest BCUT2D eigenvalue weighted by Gasteiger charge is 2.32. The summed E-state index contributed by atoms with van der Waals surface area (Å²) < 4.78 is 0. The fourth-order valence-electron chi connectivity index (χ4n) is 3.69. The summed E-state index contributed by atoms with van der Waals surface area (Å²) in [5.74, 6) is 1.80. The highest BCUT2D eigenvalue weighted by molar-refractivity contribution is 4.92. The first kappa shape index (κ1) is 13.4. The molecule has 2 heteroatoms. The molecule has 2 aliphatic rings. The van der Waals surface area contributed by atoms with Gasteiger partial charge in [-0.15, -0.1) is 0 Å². The molecule has 0 amide bonds. The van der Waals surface area contributed by atoms with Crippen molar-refractivity contribution in [2.45, 2.75) is 64.3 Å². The van der Waals surface area contributed by atoms with Crippen molar-refractivity contribution in [3.05, 3.63) is 0 Å². The van der Waals surface area contributed by atoms with Gasteiger partial charge in [-0.25, -0.2) is 0 Å². The maximum atomic E-state index is 6.49. The summed E-state index contributed by atoms with van der Waals surface area (Å²) in [6.07, 6.45) is 9.37. The molecule has 1 atom stereocenters. The third-order valence-corrected chi connectivity index (χ3v) is 4.95.